The van der Waals surface area contributed by atoms with Crippen molar-refractivity contribution in [1.82, 2.24) is 9.80 Å². The topological polar surface area (TPSA) is 49.9 Å². The Morgan fingerprint density at radius 1 is 1.04 bits per heavy atom. The molecule has 0 spiro atoms. The first-order valence-corrected chi connectivity index (χ1v) is 9.54. The lowest BCUT2D eigenvalue weighted by Gasteiger charge is -2.36. The van der Waals surface area contributed by atoms with Crippen LogP contribution in [-0.4, -0.2) is 65.8 Å². The monoisotopic (exact) mass is 346 g/mol. The molecule has 0 radical (unpaired) electrons. The molecule has 4 rings (SSSR count). The molecule has 0 N–H and O–H groups in total. The van der Waals surface area contributed by atoms with Gasteiger partial charge in [-0.1, -0.05) is 18.2 Å². The molecule has 2 fully saturated rings. The number of piperazine rings is 1. The summed E-state index contributed by atoms with van der Waals surface area (Å²) in [6, 6.07) is 8.25. The number of benzene rings is 1. The first-order valence-electron chi connectivity index (χ1n) is 8.66. The van der Waals surface area contributed by atoms with Crippen molar-refractivity contribution < 1.29 is 14.3 Å². The van der Waals surface area contributed by atoms with Gasteiger partial charge in [-0.15, -0.1) is 11.8 Å². The van der Waals surface area contributed by atoms with Crippen LogP contribution in [-0.2, 0) is 20.7 Å². The van der Waals surface area contributed by atoms with Gasteiger partial charge in [0.15, 0.2) is 0 Å². The van der Waals surface area contributed by atoms with Crippen LogP contribution in [0.1, 0.15) is 18.4 Å². The SMILES string of the molecule is O=C(C1CCCO1)N1CCN(C(=O)C2Cc3ccccc3S2)CC1. The molecule has 2 atom stereocenters. The number of carbonyl (C=O) groups excluding carboxylic acids is 2. The second kappa shape index (κ2) is 6.76. The van der Waals surface area contributed by atoms with Gasteiger partial charge in [-0.2, -0.15) is 0 Å². The quantitative estimate of drug-likeness (QED) is 0.815. The minimum absolute atomic E-state index is 0.0113. The van der Waals surface area contributed by atoms with Crippen molar-refractivity contribution in [1.29, 1.82) is 0 Å². The van der Waals surface area contributed by atoms with Gasteiger partial charge in [0.2, 0.25) is 5.91 Å². The van der Waals surface area contributed by atoms with Crippen molar-refractivity contribution in [3.05, 3.63) is 29.8 Å². The van der Waals surface area contributed by atoms with E-state index in [-0.39, 0.29) is 23.2 Å². The molecule has 24 heavy (non-hydrogen) atoms. The van der Waals surface area contributed by atoms with E-state index in [1.165, 1.54) is 10.5 Å². The summed E-state index contributed by atoms with van der Waals surface area (Å²) in [4.78, 5) is 30.2. The molecular formula is C18H22N2O3S. The van der Waals surface area contributed by atoms with Crippen LogP contribution in [0, 0.1) is 0 Å². The maximum absolute atomic E-state index is 12.8. The van der Waals surface area contributed by atoms with E-state index in [9.17, 15) is 9.59 Å². The Labute approximate surface area is 146 Å². The van der Waals surface area contributed by atoms with Crippen LogP contribution in [0.3, 0.4) is 0 Å². The lowest BCUT2D eigenvalue weighted by Crippen LogP contribution is -2.54. The van der Waals surface area contributed by atoms with Gasteiger partial charge in [0.05, 0.1) is 5.25 Å². The van der Waals surface area contributed by atoms with Crippen LogP contribution in [0.4, 0.5) is 0 Å². The minimum atomic E-state index is -0.257. The molecule has 0 aromatic heterocycles. The van der Waals surface area contributed by atoms with Crippen molar-refractivity contribution >= 4 is 23.6 Å². The summed E-state index contributed by atoms with van der Waals surface area (Å²) >= 11 is 1.67. The molecule has 2 unspecified atom stereocenters. The van der Waals surface area contributed by atoms with Crippen molar-refractivity contribution in [3.8, 4) is 0 Å². The van der Waals surface area contributed by atoms with Gasteiger partial charge < -0.3 is 14.5 Å². The summed E-state index contributed by atoms with van der Waals surface area (Å²) in [5.74, 6) is 0.308. The molecule has 6 heteroatoms. The predicted octanol–water partition coefficient (Wildman–Crippen LogP) is 1.55. The lowest BCUT2D eigenvalue weighted by molar-refractivity contribution is -0.145. The smallest absolute Gasteiger partial charge is 0.251 e. The van der Waals surface area contributed by atoms with E-state index in [1.54, 1.807) is 11.8 Å². The summed E-state index contributed by atoms with van der Waals surface area (Å²) in [6.07, 6.45) is 2.35. The number of rotatable bonds is 2. The van der Waals surface area contributed by atoms with Crippen molar-refractivity contribution in [2.75, 3.05) is 32.8 Å². The fraction of sp³-hybridized carbons (Fsp3) is 0.556. The molecule has 128 valence electrons. The van der Waals surface area contributed by atoms with Crippen LogP contribution in [0.5, 0.6) is 0 Å². The second-order valence-corrected chi connectivity index (χ2v) is 7.82. The number of carbonyl (C=O) groups is 2. The highest BCUT2D eigenvalue weighted by Gasteiger charge is 2.35. The highest BCUT2D eigenvalue weighted by Crippen LogP contribution is 2.37. The summed E-state index contributed by atoms with van der Waals surface area (Å²) in [6.45, 7) is 3.19. The van der Waals surface area contributed by atoms with Crippen molar-refractivity contribution in [3.63, 3.8) is 0 Å². The van der Waals surface area contributed by atoms with E-state index in [2.05, 4.69) is 12.1 Å². The molecule has 3 aliphatic heterocycles. The zero-order valence-electron chi connectivity index (χ0n) is 13.6. The molecule has 1 aromatic rings. The number of nitrogens with zero attached hydrogens (tertiary/aromatic N) is 2. The molecular weight excluding hydrogens is 324 g/mol. The van der Waals surface area contributed by atoms with Gasteiger partial charge in [0.25, 0.3) is 5.91 Å². The van der Waals surface area contributed by atoms with Crippen molar-refractivity contribution in [2.45, 2.75) is 35.5 Å². The molecule has 2 saturated heterocycles. The third kappa shape index (κ3) is 3.05. The zero-order valence-corrected chi connectivity index (χ0v) is 14.5. The Morgan fingerprint density at radius 3 is 2.42 bits per heavy atom. The number of thioether (sulfide) groups is 1. The molecule has 0 aliphatic carbocycles. The lowest BCUT2D eigenvalue weighted by atomic mass is 10.1. The Bertz CT molecular complexity index is 612. The number of ether oxygens (including phenoxy) is 1. The maximum Gasteiger partial charge on any atom is 0.251 e. The third-order valence-corrected chi connectivity index (χ3v) is 6.34. The third-order valence-electron chi connectivity index (χ3n) is 5.03. The molecule has 5 nitrogen and oxygen atoms in total. The van der Waals surface area contributed by atoms with E-state index in [1.807, 2.05) is 21.9 Å². The van der Waals surface area contributed by atoms with Gasteiger partial charge in [-0.3, -0.25) is 9.59 Å². The maximum atomic E-state index is 12.8. The first-order chi connectivity index (χ1) is 11.7. The Morgan fingerprint density at radius 2 is 1.75 bits per heavy atom. The molecule has 2 amide bonds. The fourth-order valence-electron chi connectivity index (χ4n) is 3.65. The average molecular weight is 346 g/mol. The van der Waals surface area contributed by atoms with Gasteiger partial charge in [0.1, 0.15) is 6.10 Å². The van der Waals surface area contributed by atoms with E-state index in [0.29, 0.717) is 32.8 Å². The first kappa shape index (κ1) is 16.0. The average Bonchev–Trinajstić information content (AvgIpc) is 3.30. The molecule has 1 aromatic carbocycles. The summed E-state index contributed by atoms with van der Waals surface area (Å²) in [5.41, 5.74) is 1.27. The number of fused-ring (bicyclic) bond motifs is 1. The Hall–Kier alpha value is -1.53. The van der Waals surface area contributed by atoms with Crippen LogP contribution in [0.25, 0.3) is 0 Å². The van der Waals surface area contributed by atoms with Crippen LogP contribution in [0.15, 0.2) is 29.2 Å². The number of hydrogen-bond acceptors (Lipinski definition) is 4. The van der Waals surface area contributed by atoms with E-state index in [4.69, 9.17) is 4.74 Å². The van der Waals surface area contributed by atoms with E-state index >= 15 is 0 Å². The molecule has 0 bridgehead atoms. The predicted molar refractivity (Wildman–Crippen MR) is 91.9 cm³/mol. The van der Waals surface area contributed by atoms with Gasteiger partial charge >= 0.3 is 0 Å². The Kier molecular flexibility index (Phi) is 4.50. The van der Waals surface area contributed by atoms with E-state index < -0.39 is 0 Å². The minimum Gasteiger partial charge on any atom is -0.368 e. The van der Waals surface area contributed by atoms with Crippen LogP contribution in [0.2, 0.25) is 0 Å². The summed E-state index contributed by atoms with van der Waals surface area (Å²) < 4.78 is 5.48. The standard InChI is InChI=1S/C18H22N2O3S/c21-17(14-5-3-11-23-14)19-7-9-20(10-8-19)18(22)16-12-13-4-1-2-6-15(13)24-16/h1-2,4,6,14,16H,3,5,7-12H2. The highest BCUT2D eigenvalue weighted by molar-refractivity contribution is 8.01. The molecule has 0 saturated carbocycles. The molecule has 3 aliphatic rings. The number of hydrogen-bond donors (Lipinski definition) is 0. The van der Waals surface area contributed by atoms with Crippen molar-refractivity contribution in [2.24, 2.45) is 0 Å². The summed E-state index contributed by atoms with van der Waals surface area (Å²) in [5, 5.41) is -0.0113. The molecule has 3 heterocycles. The zero-order chi connectivity index (χ0) is 16.5. The fourth-order valence-corrected chi connectivity index (χ4v) is 4.93. The van der Waals surface area contributed by atoms with Gasteiger partial charge in [0, 0.05) is 37.7 Å². The van der Waals surface area contributed by atoms with Crippen LogP contribution < -0.4 is 0 Å². The van der Waals surface area contributed by atoms with Crippen LogP contribution >= 0.6 is 11.8 Å². The Balaban J connectivity index is 1.31. The van der Waals surface area contributed by atoms with Gasteiger partial charge in [-0.05, 0) is 30.9 Å². The summed E-state index contributed by atoms with van der Waals surface area (Å²) in [7, 11) is 0. The van der Waals surface area contributed by atoms with E-state index in [0.717, 1.165) is 19.3 Å². The highest BCUT2D eigenvalue weighted by atomic mass is 32.2. The normalized spacial score (nSPS) is 26.5. The second-order valence-electron chi connectivity index (χ2n) is 6.57. The number of amides is 2. The van der Waals surface area contributed by atoms with Gasteiger partial charge in [-0.25, -0.2) is 0 Å². The largest absolute Gasteiger partial charge is 0.368 e.